The Morgan fingerprint density at radius 1 is 1.29 bits per heavy atom. The van der Waals surface area contributed by atoms with Gasteiger partial charge in [-0.1, -0.05) is 11.6 Å². The van der Waals surface area contributed by atoms with Crippen LogP contribution in [0, 0.1) is 6.92 Å². The predicted molar refractivity (Wildman–Crippen MR) is 68.5 cm³/mol. The Morgan fingerprint density at radius 2 is 1.90 bits per heavy atom. The Balaban J connectivity index is 2.52. The summed E-state index contributed by atoms with van der Waals surface area (Å²) < 4.78 is 69.3. The molecule has 0 bridgehead atoms. The second-order valence-electron chi connectivity index (χ2n) is 4.95. The number of alkyl halides is 3. The Bertz CT molecular complexity index is 708. The van der Waals surface area contributed by atoms with Gasteiger partial charge in [0.2, 0.25) is 5.90 Å². The van der Waals surface area contributed by atoms with Crippen LogP contribution in [-0.4, -0.2) is 25.5 Å². The Kier molecular flexibility index (Phi) is 3.43. The fourth-order valence-corrected chi connectivity index (χ4v) is 2.14. The van der Waals surface area contributed by atoms with Gasteiger partial charge in [-0.3, -0.25) is 0 Å². The van der Waals surface area contributed by atoms with Crippen molar-refractivity contribution in [2.75, 3.05) is 0 Å². The van der Waals surface area contributed by atoms with Crippen LogP contribution in [0.25, 0.3) is 0 Å². The second-order valence-corrected chi connectivity index (χ2v) is 6.49. The van der Waals surface area contributed by atoms with Crippen LogP contribution >= 0.6 is 0 Å². The monoisotopic (exact) mass is 323 g/mol. The molecule has 0 amide bonds. The highest BCUT2D eigenvalue weighted by atomic mass is 32.2. The van der Waals surface area contributed by atoms with Crippen molar-refractivity contribution < 1.29 is 30.5 Å². The van der Waals surface area contributed by atoms with Crippen LogP contribution in [0.15, 0.2) is 23.2 Å². The van der Waals surface area contributed by atoms with Crippen molar-refractivity contribution in [3.05, 3.63) is 29.3 Å². The van der Waals surface area contributed by atoms with Crippen molar-refractivity contribution in [1.29, 1.82) is 0 Å². The first kappa shape index (κ1) is 15.6. The minimum Gasteiger partial charge on any atom is -0.466 e. The summed E-state index contributed by atoms with van der Waals surface area (Å²) in [5.41, 5.74) is -6.01. The van der Waals surface area contributed by atoms with Crippen LogP contribution in [0.5, 0.6) is 5.75 Å². The predicted octanol–water partition coefficient (Wildman–Crippen LogP) is 2.74. The Hall–Kier alpha value is -1.77. The highest BCUT2D eigenvalue weighted by Gasteiger charge is 2.50. The molecule has 1 aliphatic rings. The maximum atomic E-state index is 12.4. The van der Waals surface area contributed by atoms with E-state index in [0.717, 1.165) is 0 Å². The van der Waals surface area contributed by atoms with E-state index in [2.05, 4.69) is 9.18 Å². The van der Waals surface area contributed by atoms with E-state index in [1.807, 2.05) is 0 Å². The first-order valence-electron chi connectivity index (χ1n) is 5.82. The SMILES string of the molecule is Cc1ccc2c(c1)C(OS(=O)(=O)C(F)(F)F)=NC(C)(C)O2. The molecule has 0 atom stereocenters. The van der Waals surface area contributed by atoms with Crippen molar-refractivity contribution in [2.45, 2.75) is 32.0 Å². The fourth-order valence-electron chi connectivity index (χ4n) is 1.71. The third-order valence-corrected chi connectivity index (χ3v) is 3.51. The van der Waals surface area contributed by atoms with E-state index >= 15 is 0 Å². The lowest BCUT2D eigenvalue weighted by atomic mass is 10.1. The van der Waals surface area contributed by atoms with E-state index in [1.54, 1.807) is 13.0 Å². The number of fused-ring (bicyclic) bond motifs is 1. The van der Waals surface area contributed by atoms with E-state index in [9.17, 15) is 21.6 Å². The lowest BCUT2D eigenvalue weighted by Crippen LogP contribution is -2.36. The number of aliphatic imine (C=N–C) groups is 1. The molecule has 9 heteroatoms. The van der Waals surface area contributed by atoms with Gasteiger partial charge in [-0.15, -0.1) is 0 Å². The number of hydrogen-bond acceptors (Lipinski definition) is 5. The minimum absolute atomic E-state index is 0.0575. The normalized spacial score (nSPS) is 17.5. The molecular formula is C12H12F3NO4S. The Labute approximate surface area is 119 Å². The lowest BCUT2D eigenvalue weighted by Gasteiger charge is -2.29. The number of halogens is 3. The van der Waals surface area contributed by atoms with Gasteiger partial charge in [0.05, 0.1) is 5.56 Å². The van der Waals surface area contributed by atoms with E-state index in [-0.39, 0.29) is 11.3 Å². The molecule has 1 aliphatic heterocycles. The molecule has 1 aromatic carbocycles. The topological polar surface area (TPSA) is 65.0 Å². The molecule has 116 valence electrons. The molecule has 2 rings (SSSR count). The van der Waals surface area contributed by atoms with Crippen LogP contribution < -0.4 is 4.74 Å². The van der Waals surface area contributed by atoms with Gasteiger partial charge in [0.1, 0.15) is 5.75 Å². The van der Waals surface area contributed by atoms with Gasteiger partial charge < -0.3 is 8.92 Å². The number of ether oxygens (including phenoxy) is 1. The number of benzene rings is 1. The number of aryl methyl sites for hydroxylation is 1. The third-order valence-electron chi connectivity index (χ3n) is 2.57. The van der Waals surface area contributed by atoms with Gasteiger partial charge in [0.15, 0.2) is 5.72 Å². The van der Waals surface area contributed by atoms with E-state index in [4.69, 9.17) is 4.74 Å². The zero-order valence-electron chi connectivity index (χ0n) is 11.4. The summed E-state index contributed by atoms with van der Waals surface area (Å²) in [6.45, 7) is 4.63. The molecule has 0 unspecified atom stereocenters. The largest absolute Gasteiger partial charge is 0.534 e. The molecule has 0 saturated carbocycles. The summed E-state index contributed by atoms with van der Waals surface area (Å²) in [6.07, 6.45) is 0. The van der Waals surface area contributed by atoms with Gasteiger partial charge in [-0.05, 0) is 32.9 Å². The summed E-state index contributed by atoms with van der Waals surface area (Å²) in [5, 5.41) is 0. The summed E-state index contributed by atoms with van der Waals surface area (Å²) in [5.74, 6) is -0.435. The van der Waals surface area contributed by atoms with Crippen molar-refractivity contribution in [3.63, 3.8) is 0 Å². The van der Waals surface area contributed by atoms with Crippen molar-refractivity contribution in [3.8, 4) is 5.75 Å². The average molecular weight is 323 g/mol. The quantitative estimate of drug-likeness (QED) is 0.589. The average Bonchev–Trinajstić information content (AvgIpc) is 2.27. The highest BCUT2D eigenvalue weighted by molar-refractivity contribution is 7.88. The standard InChI is InChI=1S/C12H12F3NO4S/c1-7-4-5-9-8(6-7)10(16-11(2,3)19-9)20-21(17,18)12(13,14)15/h4-6H,1-3H3. The molecule has 1 aromatic rings. The number of nitrogens with zero attached hydrogens (tertiary/aromatic N) is 1. The summed E-state index contributed by atoms with van der Waals surface area (Å²) in [4.78, 5) is 3.79. The molecular weight excluding hydrogens is 311 g/mol. The molecule has 0 N–H and O–H groups in total. The van der Waals surface area contributed by atoms with Crippen LogP contribution in [0.2, 0.25) is 0 Å². The molecule has 0 aromatic heterocycles. The molecule has 0 saturated heterocycles. The zero-order valence-corrected chi connectivity index (χ0v) is 12.2. The van der Waals surface area contributed by atoms with Crippen LogP contribution in [0.4, 0.5) is 13.2 Å². The number of rotatable bonds is 1. The number of hydrogen-bond donors (Lipinski definition) is 0. The maximum Gasteiger partial charge on any atom is 0.534 e. The van der Waals surface area contributed by atoms with Gasteiger partial charge in [0.25, 0.3) is 0 Å². The van der Waals surface area contributed by atoms with Gasteiger partial charge in [-0.25, -0.2) is 4.99 Å². The van der Waals surface area contributed by atoms with Crippen molar-refractivity contribution >= 4 is 16.0 Å². The maximum absolute atomic E-state index is 12.4. The first-order chi connectivity index (χ1) is 9.41. The van der Waals surface area contributed by atoms with Gasteiger partial charge >= 0.3 is 15.6 Å². The van der Waals surface area contributed by atoms with Crippen LogP contribution in [0.1, 0.15) is 25.0 Å². The third kappa shape index (κ3) is 3.12. The first-order valence-corrected chi connectivity index (χ1v) is 7.23. The second kappa shape index (κ2) is 4.62. The summed E-state index contributed by atoms with van der Waals surface area (Å²) in [6, 6.07) is 4.63. The zero-order chi connectivity index (χ0) is 16.1. The fraction of sp³-hybridized carbons (Fsp3) is 0.417. The van der Waals surface area contributed by atoms with Crippen LogP contribution in [0.3, 0.4) is 0 Å². The summed E-state index contributed by atoms with van der Waals surface area (Å²) >= 11 is 0. The van der Waals surface area contributed by atoms with Gasteiger partial charge in [0, 0.05) is 0 Å². The molecule has 0 aliphatic carbocycles. The summed E-state index contributed by atoms with van der Waals surface area (Å²) in [7, 11) is -5.79. The molecule has 21 heavy (non-hydrogen) atoms. The minimum atomic E-state index is -5.79. The van der Waals surface area contributed by atoms with Crippen molar-refractivity contribution in [1.82, 2.24) is 0 Å². The lowest BCUT2D eigenvalue weighted by molar-refractivity contribution is -0.0506. The molecule has 0 spiro atoms. The van der Waals surface area contributed by atoms with E-state index in [1.165, 1.54) is 26.0 Å². The van der Waals surface area contributed by atoms with E-state index in [0.29, 0.717) is 5.56 Å². The highest BCUT2D eigenvalue weighted by Crippen LogP contribution is 2.34. The Morgan fingerprint density at radius 3 is 2.48 bits per heavy atom. The van der Waals surface area contributed by atoms with E-state index < -0.39 is 27.2 Å². The van der Waals surface area contributed by atoms with Gasteiger partial charge in [-0.2, -0.15) is 21.6 Å². The van der Waals surface area contributed by atoms with Crippen LogP contribution in [-0.2, 0) is 14.3 Å². The molecule has 1 heterocycles. The van der Waals surface area contributed by atoms with Crippen molar-refractivity contribution in [2.24, 2.45) is 4.99 Å². The molecule has 0 radical (unpaired) electrons. The molecule has 5 nitrogen and oxygen atoms in total. The molecule has 0 fully saturated rings. The smallest absolute Gasteiger partial charge is 0.466 e.